The molecule has 0 unspecified atom stereocenters. The number of ether oxygens (including phenoxy) is 1. The van der Waals surface area contributed by atoms with Crippen LogP contribution in [0.2, 0.25) is 0 Å². The molecule has 0 aliphatic rings. The van der Waals surface area contributed by atoms with E-state index < -0.39 is 0 Å². The van der Waals surface area contributed by atoms with E-state index in [1.54, 1.807) is 0 Å². The summed E-state index contributed by atoms with van der Waals surface area (Å²) in [6, 6.07) is 0. The molecule has 0 rings (SSSR count). The van der Waals surface area contributed by atoms with Crippen LogP contribution in [0.5, 0.6) is 0 Å². The number of nitrogens with one attached hydrogen (secondary N) is 1. The summed E-state index contributed by atoms with van der Waals surface area (Å²) in [4.78, 5) is 11.4. The normalized spacial score (nSPS) is 11.9. The Morgan fingerprint density at radius 3 is 2.28 bits per heavy atom. The van der Waals surface area contributed by atoms with Crippen molar-refractivity contribution < 1.29 is 9.53 Å². The monoisotopic (exact) mass is 257 g/mol. The van der Waals surface area contributed by atoms with Crippen molar-refractivity contribution in [1.29, 1.82) is 0 Å². The van der Waals surface area contributed by atoms with Crippen LogP contribution in [0.15, 0.2) is 0 Å². The van der Waals surface area contributed by atoms with Gasteiger partial charge >= 0.3 is 0 Å². The van der Waals surface area contributed by atoms with Gasteiger partial charge in [-0.1, -0.05) is 39.5 Å². The van der Waals surface area contributed by atoms with Crippen LogP contribution in [0.3, 0.4) is 0 Å². The van der Waals surface area contributed by atoms with Crippen LogP contribution < -0.4 is 5.32 Å². The fraction of sp³-hybridized carbons (Fsp3) is 0.933. The molecule has 0 aromatic rings. The summed E-state index contributed by atoms with van der Waals surface area (Å²) in [5.74, 6) is 0.798. The maximum atomic E-state index is 11.4. The van der Waals surface area contributed by atoms with Gasteiger partial charge < -0.3 is 10.1 Å². The van der Waals surface area contributed by atoms with Gasteiger partial charge in [0.25, 0.3) is 0 Å². The van der Waals surface area contributed by atoms with Gasteiger partial charge in [-0.25, -0.2) is 0 Å². The Balaban J connectivity index is 3.31. The molecule has 0 bridgehead atoms. The number of carbonyl (C=O) groups is 1. The van der Waals surface area contributed by atoms with E-state index in [0.29, 0.717) is 0 Å². The molecular formula is C15H31NO2. The molecular weight excluding hydrogens is 226 g/mol. The molecule has 1 N–H and O–H groups in total. The molecule has 0 aromatic heterocycles. The summed E-state index contributed by atoms with van der Waals surface area (Å²) in [5, 5.41) is 2.89. The molecule has 0 radical (unpaired) electrons. The van der Waals surface area contributed by atoms with Gasteiger partial charge in [-0.05, 0) is 33.1 Å². The summed E-state index contributed by atoms with van der Waals surface area (Å²) >= 11 is 0. The van der Waals surface area contributed by atoms with E-state index in [1.807, 2.05) is 20.8 Å². The molecule has 18 heavy (non-hydrogen) atoms. The van der Waals surface area contributed by atoms with Gasteiger partial charge in [0.1, 0.15) is 6.61 Å². The Labute approximate surface area is 113 Å². The second-order valence-electron chi connectivity index (χ2n) is 6.35. The topological polar surface area (TPSA) is 38.3 Å². The minimum Gasteiger partial charge on any atom is -0.366 e. The minimum absolute atomic E-state index is 0.00731. The van der Waals surface area contributed by atoms with Crippen LogP contribution in [0.25, 0.3) is 0 Å². The number of hydrogen-bond acceptors (Lipinski definition) is 2. The number of amides is 1. The van der Waals surface area contributed by atoms with Crippen molar-refractivity contribution in [3.63, 3.8) is 0 Å². The average molecular weight is 257 g/mol. The molecule has 108 valence electrons. The Hall–Kier alpha value is -0.570. The molecule has 0 aliphatic carbocycles. The Kier molecular flexibility index (Phi) is 9.08. The molecule has 3 heteroatoms. The average Bonchev–Trinajstić information content (AvgIpc) is 2.23. The molecule has 0 aliphatic heterocycles. The lowest BCUT2D eigenvalue weighted by Crippen LogP contribution is -2.32. The van der Waals surface area contributed by atoms with Crippen molar-refractivity contribution in [1.82, 2.24) is 5.32 Å². The highest BCUT2D eigenvalue weighted by Gasteiger charge is 2.12. The predicted octanol–water partition coefficient (Wildman–Crippen LogP) is 3.52. The first-order chi connectivity index (χ1) is 8.31. The molecule has 3 nitrogen and oxygen atoms in total. The van der Waals surface area contributed by atoms with E-state index in [4.69, 9.17) is 4.74 Å². The number of hydrogen-bond donors (Lipinski definition) is 1. The molecule has 0 saturated carbocycles. The largest absolute Gasteiger partial charge is 0.366 e. The van der Waals surface area contributed by atoms with E-state index in [0.717, 1.165) is 18.9 Å². The fourth-order valence-electron chi connectivity index (χ4n) is 1.59. The maximum Gasteiger partial charge on any atom is 0.246 e. The van der Waals surface area contributed by atoms with Crippen molar-refractivity contribution >= 4 is 5.91 Å². The zero-order valence-electron chi connectivity index (χ0n) is 12.8. The first kappa shape index (κ1) is 17.4. The third-order valence-electron chi connectivity index (χ3n) is 2.67. The zero-order valence-corrected chi connectivity index (χ0v) is 12.8. The SMILES string of the molecule is CC(C)CCCCCCNC(=O)COC(C)(C)C. The standard InChI is InChI=1S/C15H31NO2/c1-13(2)10-8-6-7-9-11-16-14(17)12-18-15(3,4)5/h13H,6-12H2,1-5H3,(H,16,17). The number of carbonyl (C=O) groups excluding carboxylic acids is 1. The van der Waals surface area contributed by atoms with E-state index in [-0.39, 0.29) is 18.1 Å². The van der Waals surface area contributed by atoms with Crippen molar-refractivity contribution in [3.8, 4) is 0 Å². The van der Waals surface area contributed by atoms with Crippen LogP contribution in [0.1, 0.15) is 66.7 Å². The Morgan fingerprint density at radius 2 is 1.72 bits per heavy atom. The van der Waals surface area contributed by atoms with Gasteiger partial charge in [0.2, 0.25) is 5.91 Å². The lowest BCUT2D eigenvalue weighted by atomic mass is 10.0. The van der Waals surface area contributed by atoms with Crippen LogP contribution in [0, 0.1) is 5.92 Å². The van der Waals surface area contributed by atoms with E-state index >= 15 is 0 Å². The van der Waals surface area contributed by atoms with Gasteiger partial charge in [-0.2, -0.15) is 0 Å². The molecule has 0 heterocycles. The van der Waals surface area contributed by atoms with Crippen molar-refractivity contribution in [3.05, 3.63) is 0 Å². The third-order valence-corrected chi connectivity index (χ3v) is 2.67. The van der Waals surface area contributed by atoms with Crippen LogP contribution in [-0.2, 0) is 9.53 Å². The van der Waals surface area contributed by atoms with Crippen LogP contribution in [0.4, 0.5) is 0 Å². The highest BCUT2D eigenvalue weighted by Crippen LogP contribution is 2.09. The molecule has 0 spiro atoms. The summed E-state index contributed by atoms with van der Waals surface area (Å²) in [7, 11) is 0. The highest BCUT2D eigenvalue weighted by atomic mass is 16.5. The van der Waals surface area contributed by atoms with E-state index in [1.165, 1.54) is 25.7 Å². The number of unbranched alkanes of at least 4 members (excludes halogenated alkanes) is 3. The van der Waals surface area contributed by atoms with Gasteiger partial charge in [-0.15, -0.1) is 0 Å². The van der Waals surface area contributed by atoms with E-state index in [9.17, 15) is 4.79 Å². The summed E-state index contributed by atoms with van der Waals surface area (Å²) in [6.45, 7) is 11.3. The minimum atomic E-state index is -0.242. The lowest BCUT2D eigenvalue weighted by molar-refractivity contribution is -0.130. The third kappa shape index (κ3) is 13.5. The quantitative estimate of drug-likeness (QED) is 0.642. The van der Waals surface area contributed by atoms with Crippen molar-refractivity contribution in [2.75, 3.05) is 13.2 Å². The summed E-state index contributed by atoms with van der Waals surface area (Å²) in [6.07, 6.45) is 6.16. The molecule has 0 fully saturated rings. The summed E-state index contributed by atoms with van der Waals surface area (Å²) in [5.41, 5.74) is -0.242. The fourth-order valence-corrected chi connectivity index (χ4v) is 1.59. The van der Waals surface area contributed by atoms with Gasteiger partial charge in [0, 0.05) is 6.54 Å². The second-order valence-corrected chi connectivity index (χ2v) is 6.35. The highest BCUT2D eigenvalue weighted by molar-refractivity contribution is 5.77. The maximum absolute atomic E-state index is 11.4. The smallest absolute Gasteiger partial charge is 0.246 e. The van der Waals surface area contributed by atoms with Crippen molar-refractivity contribution in [2.24, 2.45) is 5.92 Å². The molecule has 0 saturated heterocycles. The molecule has 0 atom stereocenters. The van der Waals surface area contributed by atoms with Crippen molar-refractivity contribution in [2.45, 2.75) is 72.3 Å². The lowest BCUT2D eigenvalue weighted by Gasteiger charge is -2.18. The number of rotatable bonds is 9. The van der Waals surface area contributed by atoms with Gasteiger partial charge in [0.15, 0.2) is 0 Å². The second kappa shape index (κ2) is 9.37. The predicted molar refractivity (Wildman–Crippen MR) is 76.6 cm³/mol. The first-order valence-corrected chi connectivity index (χ1v) is 7.22. The Morgan fingerprint density at radius 1 is 1.11 bits per heavy atom. The van der Waals surface area contributed by atoms with Gasteiger partial charge in [-0.3, -0.25) is 4.79 Å². The molecule has 0 aromatic carbocycles. The molecule has 1 amide bonds. The van der Waals surface area contributed by atoms with Crippen LogP contribution >= 0.6 is 0 Å². The summed E-state index contributed by atoms with van der Waals surface area (Å²) < 4.78 is 5.40. The van der Waals surface area contributed by atoms with E-state index in [2.05, 4.69) is 19.2 Å². The zero-order chi connectivity index (χ0) is 14.0. The first-order valence-electron chi connectivity index (χ1n) is 7.22. The Bertz CT molecular complexity index is 219. The van der Waals surface area contributed by atoms with Gasteiger partial charge in [0.05, 0.1) is 5.60 Å². The van der Waals surface area contributed by atoms with Crippen LogP contribution in [-0.4, -0.2) is 24.7 Å².